The second-order valence-corrected chi connectivity index (χ2v) is 6.27. The Morgan fingerprint density at radius 3 is 2.70 bits per heavy atom. The van der Waals surface area contributed by atoms with Crippen LogP contribution in [0.2, 0.25) is 5.02 Å². The van der Waals surface area contributed by atoms with Crippen LogP contribution >= 0.6 is 23.4 Å². The number of hydrogen-bond acceptors (Lipinski definition) is 1. The number of rotatable bonds is 2. The predicted octanol–water partition coefficient (Wildman–Crippen LogP) is 5.73. The van der Waals surface area contributed by atoms with Crippen LogP contribution in [0.1, 0.15) is 11.3 Å². The van der Waals surface area contributed by atoms with Gasteiger partial charge in [0.1, 0.15) is 0 Å². The summed E-state index contributed by atoms with van der Waals surface area (Å²) in [6.45, 7) is 4.01. The number of H-pyrrole nitrogens is 1. The molecule has 0 radical (unpaired) electrons. The average Bonchev–Trinajstić information content (AvgIpc) is 2.72. The van der Waals surface area contributed by atoms with E-state index in [1.165, 1.54) is 5.56 Å². The van der Waals surface area contributed by atoms with E-state index in [0.29, 0.717) is 5.52 Å². The molecule has 1 heterocycles. The van der Waals surface area contributed by atoms with Crippen LogP contribution < -0.4 is 0 Å². The Labute approximate surface area is 126 Å². The van der Waals surface area contributed by atoms with Crippen LogP contribution in [0.3, 0.4) is 0 Å². The van der Waals surface area contributed by atoms with Gasteiger partial charge in [-0.2, -0.15) is 0 Å². The molecule has 0 atom stereocenters. The molecule has 1 nitrogen and oxygen atoms in total. The molecule has 0 spiro atoms. The highest BCUT2D eigenvalue weighted by atomic mass is 35.5. The van der Waals surface area contributed by atoms with Crippen molar-refractivity contribution in [1.82, 2.24) is 4.98 Å². The van der Waals surface area contributed by atoms with Crippen molar-refractivity contribution in [2.45, 2.75) is 23.6 Å². The summed E-state index contributed by atoms with van der Waals surface area (Å²) in [7, 11) is 0. The number of aromatic amines is 1. The van der Waals surface area contributed by atoms with Gasteiger partial charge in [0.05, 0.1) is 10.5 Å². The first kappa shape index (κ1) is 13.5. The molecule has 0 aliphatic carbocycles. The van der Waals surface area contributed by atoms with E-state index in [2.05, 4.69) is 30.1 Å². The van der Waals surface area contributed by atoms with Gasteiger partial charge in [0.25, 0.3) is 0 Å². The Balaban J connectivity index is 2.12. The minimum atomic E-state index is -0.386. The molecule has 0 aliphatic heterocycles. The van der Waals surface area contributed by atoms with Gasteiger partial charge in [-0.3, -0.25) is 0 Å². The van der Waals surface area contributed by atoms with E-state index in [0.717, 1.165) is 20.9 Å². The summed E-state index contributed by atoms with van der Waals surface area (Å²) in [5, 5.41) is 1.02. The van der Waals surface area contributed by atoms with Crippen LogP contribution in [0.15, 0.2) is 46.2 Å². The summed E-state index contributed by atoms with van der Waals surface area (Å²) in [6.07, 6.45) is 0. The van der Waals surface area contributed by atoms with Crippen molar-refractivity contribution in [1.29, 1.82) is 0 Å². The fraction of sp³-hybridized carbons (Fsp3) is 0.125. The second kappa shape index (κ2) is 5.15. The zero-order valence-corrected chi connectivity index (χ0v) is 12.7. The van der Waals surface area contributed by atoms with Crippen molar-refractivity contribution in [3.8, 4) is 0 Å². The standard InChI is InChI=1S/C16H13ClFNS/c1-9-4-3-5-11(8-9)20-16-10(2)19-15-12(16)6-7-13(17)14(15)18/h3-8,19H,1-2H3. The van der Waals surface area contributed by atoms with Crippen molar-refractivity contribution in [3.63, 3.8) is 0 Å². The predicted molar refractivity (Wildman–Crippen MR) is 83.3 cm³/mol. The van der Waals surface area contributed by atoms with E-state index >= 15 is 0 Å². The lowest BCUT2D eigenvalue weighted by molar-refractivity contribution is 0.637. The molecular formula is C16H13ClFNS. The summed E-state index contributed by atoms with van der Waals surface area (Å²) in [5.74, 6) is -0.386. The number of nitrogens with one attached hydrogen (secondary N) is 1. The third-order valence-corrected chi connectivity index (χ3v) is 4.71. The van der Waals surface area contributed by atoms with Gasteiger partial charge >= 0.3 is 0 Å². The van der Waals surface area contributed by atoms with Gasteiger partial charge in [-0.25, -0.2) is 4.39 Å². The van der Waals surface area contributed by atoms with E-state index < -0.39 is 0 Å². The van der Waals surface area contributed by atoms with Crippen LogP contribution in [0.4, 0.5) is 4.39 Å². The summed E-state index contributed by atoms with van der Waals surface area (Å²) >= 11 is 7.47. The first-order valence-electron chi connectivity index (χ1n) is 6.27. The number of halogens is 2. The van der Waals surface area contributed by atoms with Crippen LogP contribution in [-0.2, 0) is 0 Å². The normalized spacial score (nSPS) is 11.2. The molecule has 0 bridgehead atoms. The molecule has 1 N–H and O–H groups in total. The molecule has 2 aromatic carbocycles. The zero-order valence-electron chi connectivity index (χ0n) is 11.1. The Morgan fingerprint density at radius 2 is 1.95 bits per heavy atom. The second-order valence-electron chi connectivity index (χ2n) is 4.78. The maximum Gasteiger partial charge on any atom is 0.165 e. The maximum atomic E-state index is 14.0. The molecule has 20 heavy (non-hydrogen) atoms. The fourth-order valence-corrected chi connectivity index (χ4v) is 3.51. The molecule has 3 aromatic rings. The summed E-state index contributed by atoms with van der Waals surface area (Å²) < 4.78 is 14.0. The first-order valence-corrected chi connectivity index (χ1v) is 7.46. The van der Waals surface area contributed by atoms with E-state index in [9.17, 15) is 4.39 Å². The molecule has 0 aliphatic rings. The van der Waals surface area contributed by atoms with Gasteiger partial charge in [-0.1, -0.05) is 41.1 Å². The quantitative estimate of drug-likeness (QED) is 0.639. The molecule has 4 heteroatoms. The van der Waals surface area contributed by atoms with Crippen molar-refractivity contribution in [2.75, 3.05) is 0 Å². The number of hydrogen-bond donors (Lipinski definition) is 1. The summed E-state index contributed by atoms with van der Waals surface area (Å²) in [4.78, 5) is 5.28. The lowest BCUT2D eigenvalue weighted by Crippen LogP contribution is -1.79. The van der Waals surface area contributed by atoms with Crippen LogP contribution in [0, 0.1) is 19.7 Å². The largest absolute Gasteiger partial charge is 0.355 e. The van der Waals surface area contributed by atoms with E-state index in [-0.39, 0.29) is 10.8 Å². The third kappa shape index (κ3) is 2.32. The Kier molecular flexibility index (Phi) is 3.48. The number of aryl methyl sites for hydroxylation is 2. The molecular weight excluding hydrogens is 293 g/mol. The van der Waals surface area contributed by atoms with Gasteiger partial charge in [0, 0.05) is 20.9 Å². The maximum absolute atomic E-state index is 14.0. The van der Waals surface area contributed by atoms with E-state index in [1.54, 1.807) is 17.8 Å². The number of aromatic nitrogens is 1. The highest BCUT2D eigenvalue weighted by molar-refractivity contribution is 7.99. The number of fused-ring (bicyclic) bond motifs is 1. The van der Waals surface area contributed by atoms with Crippen molar-refractivity contribution < 1.29 is 4.39 Å². The highest BCUT2D eigenvalue weighted by Gasteiger charge is 2.14. The third-order valence-electron chi connectivity index (χ3n) is 3.20. The average molecular weight is 306 g/mol. The highest BCUT2D eigenvalue weighted by Crippen LogP contribution is 2.38. The molecule has 102 valence electrons. The van der Waals surface area contributed by atoms with Gasteiger partial charge < -0.3 is 4.98 Å². The topological polar surface area (TPSA) is 15.8 Å². The summed E-state index contributed by atoms with van der Waals surface area (Å²) in [6, 6.07) is 11.7. The van der Waals surface area contributed by atoms with E-state index in [4.69, 9.17) is 11.6 Å². The lowest BCUT2D eigenvalue weighted by atomic mass is 10.2. The molecule has 1 aromatic heterocycles. The van der Waals surface area contributed by atoms with Gasteiger partial charge in [-0.15, -0.1) is 0 Å². The first-order chi connectivity index (χ1) is 9.56. The molecule has 0 unspecified atom stereocenters. The van der Waals surface area contributed by atoms with Crippen molar-refractivity contribution >= 4 is 34.3 Å². The smallest absolute Gasteiger partial charge is 0.165 e. The van der Waals surface area contributed by atoms with Crippen LogP contribution in [0.25, 0.3) is 10.9 Å². The van der Waals surface area contributed by atoms with Gasteiger partial charge in [0.2, 0.25) is 0 Å². The zero-order chi connectivity index (χ0) is 14.3. The SMILES string of the molecule is Cc1cccc(Sc2c(C)[nH]c3c(F)c(Cl)ccc23)c1. The minimum Gasteiger partial charge on any atom is -0.355 e. The minimum absolute atomic E-state index is 0.144. The van der Waals surface area contributed by atoms with Crippen molar-refractivity contribution in [3.05, 3.63) is 58.5 Å². The van der Waals surface area contributed by atoms with Crippen molar-refractivity contribution in [2.24, 2.45) is 0 Å². The molecule has 0 amide bonds. The molecule has 0 saturated carbocycles. The van der Waals surface area contributed by atoms with Crippen LogP contribution in [0.5, 0.6) is 0 Å². The fourth-order valence-electron chi connectivity index (χ4n) is 2.24. The van der Waals surface area contributed by atoms with Crippen LogP contribution in [-0.4, -0.2) is 4.98 Å². The molecule has 0 saturated heterocycles. The lowest BCUT2D eigenvalue weighted by Gasteiger charge is -2.03. The molecule has 3 rings (SSSR count). The van der Waals surface area contributed by atoms with Gasteiger partial charge in [-0.05, 0) is 38.1 Å². The summed E-state index contributed by atoms with van der Waals surface area (Å²) in [5.41, 5.74) is 2.64. The number of benzene rings is 2. The van der Waals surface area contributed by atoms with Gasteiger partial charge in [0.15, 0.2) is 5.82 Å². The Hall–Kier alpha value is -1.45. The van der Waals surface area contributed by atoms with E-state index in [1.807, 2.05) is 19.1 Å². The molecule has 0 fully saturated rings. The Bertz CT molecular complexity index is 795. The monoisotopic (exact) mass is 305 g/mol. The Morgan fingerprint density at radius 1 is 1.15 bits per heavy atom.